The first-order valence-corrected chi connectivity index (χ1v) is 7.00. The minimum Gasteiger partial charge on any atom is -0.454 e. The minimum absolute atomic E-state index is 0.214. The van der Waals surface area contributed by atoms with E-state index in [0.29, 0.717) is 29.6 Å². The number of benzene rings is 1. The van der Waals surface area contributed by atoms with Gasteiger partial charge in [0.15, 0.2) is 11.5 Å². The first-order chi connectivity index (χ1) is 10.3. The van der Waals surface area contributed by atoms with Gasteiger partial charge < -0.3 is 13.9 Å². The Bertz CT molecular complexity index is 715. The van der Waals surface area contributed by atoms with E-state index in [9.17, 15) is 4.79 Å². The summed E-state index contributed by atoms with van der Waals surface area (Å²) >= 11 is 0. The molecule has 1 fully saturated rings. The zero-order valence-corrected chi connectivity index (χ0v) is 11.4. The van der Waals surface area contributed by atoms with Crippen molar-refractivity contribution in [1.29, 1.82) is 0 Å². The van der Waals surface area contributed by atoms with Gasteiger partial charge in [-0.25, -0.2) is 4.79 Å². The highest BCUT2D eigenvalue weighted by Crippen LogP contribution is 2.35. The van der Waals surface area contributed by atoms with E-state index in [1.807, 2.05) is 0 Å². The maximum absolute atomic E-state index is 11.9. The van der Waals surface area contributed by atoms with Crippen molar-refractivity contribution in [2.75, 3.05) is 19.9 Å². The summed E-state index contributed by atoms with van der Waals surface area (Å²) in [5.41, 5.74) is 0.705. The molecule has 1 aromatic heterocycles. The van der Waals surface area contributed by atoms with Crippen LogP contribution in [0.3, 0.4) is 0 Å². The highest BCUT2D eigenvalue weighted by molar-refractivity contribution is 5.60. The average molecular weight is 289 g/mol. The van der Waals surface area contributed by atoms with Crippen molar-refractivity contribution in [3.05, 3.63) is 28.7 Å². The van der Waals surface area contributed by atoms with Crippen molar-refractivity contribution < 1.29 is 13.9 Å². The van der Waals surface area contributed by atoms with Crippen molar-refractivity contribution in [3.8, 4) is 23.0 Å². The zero-order chi connectivity index (χ0) is 14.2. The first-order valence-electron chi connectivity index (χ1n) is 7.00. The van der Waals surface area contributed by atoms with E-state index in [2.05, 4.69) is 10.00 Å². The van der Waals surface area contributed by atoms with Gasteiger partial charge in [0.05, 0.1) is 0 Å². The van der Waals surface area contributed by atoms with Gasteiger partial charge in [-0.15, -0.1) is 5.10 Å². The van der Waals surface area contributed by atoms with Gasteiger partial charge in [-0.1, -0.05) is 0 Å². The minimum atomic E-state index is -0.436. The molecule has 0 radical (unpaired) electrons. The molecule has 4 rings (SSSR count). The molecule has 21 heavy (non-hydrogen) atoms. The molecule has 110 valence electrons. The Balaban J connectivity index is 1.62. The third-order valence-corrected chi connectivity index (χ3v) is 3.76. The van der Waals surface area contributed by atoms with Crippen LogP contribution in [0.15, 0.2) is 27.4 Å². The second-order valence-electron chi connectivity index (χ2n) is 5.21. The van der Waals surface area contributed by atoms with Gasteiger partial charge in [-0.2, -0.15) is 4.68 Å². The standard InChI is InChI=1S/C14H15N3O4/c18-14-17(8-16-5-1-2-6-16)15-13(21-14)10-3-4-11-12(7-10)20-9-19-11/h3-4,7H,1-2,5-6,8-9H2. The molecule has 2 aliphatic rings. The van der Waals surface area contributed by atoms with E-state index < -0.39 is 5.76 Å². The molecule has 0 bridgehead atoms. The van der Waals surface area contributed by atoms with Gasteiger partial charge >= 0.3 is 5.76 Å². The van der Waals surface area contributed by atoms with Crippen LogP contribution in [0.2, 0.25) is 0 Å². The van der Waals surface area contributed by atoms with Crippen LogP contribution >= 0.6 is 0 Å². The lowest BCUT2D eigenvalue weighted by Gasteiger charge is -2.12. The number of rotatable bonds is 3. The highest BCUT2D eigenvalue weighted by Gasteiger charge is 2.19. The molecule has 2 aliphatic heterocycles. The fourth-order valence-electron chi connectivity index (χ4n) is 2.66. The van der Waals surface area contributed by atoms with Gasteiger partial charge in [0, 0.05) is 5.56 Å². The van der Waals surface area contributed by atoms with Gasteiger partial charge in [0.1, 0.15) is 6.67 Å². The molecule has 0 N–H and O–H groups in total. The molecular weight excluding hydrogens is 274 g/mol. The number of likely N-dealkylation sites (tertiary alicyclic amines) is 1. The van der Waals surface area contributed by atoms with Crippen LogP contribution in [-0.4, -0.2) is 34.6 Å². The van der Waals surface area contributed by atoms with Crippen LogP contribution in [0.25, 0.3) is 11.5 Å². The van der Waals surface area contributed by atoms with Gasteiger partial charge in [-0.05, 0) is 44.1 Å². The Morgan fingerprint density at radius 2 is 1.95 bits per heavy atom. The molecule has 0 spiro atoms. The van der Waals surface area contributed by atoms with E-state index in [4.69, 9.17) is 13.9 Å². The molecule has 7 nitrogen and oxygen atoms in total. The van der Waals surface area contributed by atoms with Crippen molar-refractivity contribution in [1.82, 2.24) is 14.7 Å². The summed E-state index contributed by atoms with van der Waals surface area (Å²) in [5, 5.41) is 4.27. The maximum Gasteiger partial charge on any atom is 0.438 e. The largest absolute Gasteiger partial charge is 0.454 e. The summed E-state index contributed by atoms with van der Waals surface area (Å²) in [5.74, 6) is 1.20. The van der Waals surface area contributed by atoms with E-state index in [1.165, 1.54) is 17.5 Å². The average Bonchev–Trinajstić information content (AvgIpc) is 3.20. The topological polar surface area (TPSA) is 69.7 Å². The highest BCUT2D eigenvalue weighted by atomic mass is 16.7. The van der Waals surface area contributed by atoms with E-state index >= 15 is 0 Å². The number of hydrogen-bond donors (Lipinski definition) is 0. The third kappa shape index (κ3) is 2.29. The molecule has 0 saturated carbocycles. The lowest BCUT2D eigenvalue weighted by Crippen LogP contribution is -2.29. The van der Waals surface area contributed by atoms with Crippen molar-refractivity contribution >= 4 is 0 Å². The van der Waals surface area contributed by atoms with Crippen molar-refractivity contribution in [2.45, 2.75) is 19.5 Å². The normalized spacial score (nSPS) is 17.5. The van der Waals surface area contributed by atoms with Crippen LogP contribution < -0.4 is 15.2 Å². The molecule has 2 aromatic rings. The Morgan fingerprint density at radius 1 is 1.14 bits per heavy atom. The number of fused-ring (bicyclic) bond motifs is 1. The van der Waals surface area contributed by atoms with Crippen LogP contribution in [0, 0.1) is 0 Å². The Morgan fingerprint density at radius 3 is 2.81 bits per heavy atom. The summed E-state index contributed by atoms with van der Waals surface area (Å²) in [7, 11) is 0. The summed E-state index contributed by atoms with van der Waals surface area (Å²) in [4.78, 5) is 14.1. The molecule has 1 aromatic carbocycles. The molecule has 0 unspecified atom stereocenters. The Hall–Kier alpha value is -2.28. The molecule has 0 amide bonds. The smallest absolute Gasteiger partial charge is 0.438 e. The first kappa shape index (κ1) is 12.5. The number of aromatic nitrogens is 2. The SMILES string of the molecule is O=c1oc(-c2ccc3c(c2)OCO3)nn1CN1CCCC1. The summed E-state index contributed by atoms with van der Waals surface area (Å²) in [6.45, 7) is 2.69. The number of nitrogens with zero attached hydrogens (tertiary/aromatic N) is 3. The van der Waals surface area contributed by atoms with Crippen LogP contribution in [0.5, 0.6) is 11.5 Å². The fourth-order valence-corrected chi connectivity index (χ4v) is 2.66. The van der Waals surface area contributed by atoms with Gasteiger partial charge in [-0.3, -0.25) is 4.90 Å². The maximum atomic E-state index is 11.9. The van der Waals surface area contributed by atoms with Gasteiger partial charge in [0.2, 0.25) is 12.7 Å². The van der Waals surface area contributed by atoms with E-state index in [-0.39, 0.29) is 6.79 Å². The third-order valence-electron chi connectivity index (χ3n) is 3.76. The molecule has 1 saturated heterocycles. The molecule has 3 heterocycles. The lowest BCUT2D eigenvalue weighted by molar-refractivity contribution is 0.174. The van der Waals surface area contributed by atoms with Gasteiger partial charge in [0.25, 0.3) is 0 Å². The fraction of sp³-hybridized carbons (Fsp3) is 0.429. The number of ether oxygens (including phenoxy) is 2. The van der Waals surface area contributed by atoms with Crippen LogP contribution in [0.4, 0.5) is 0 Å². The molecule has 0 atom stereocenters. The molecular formula is C14H15N3O4. The van der Waals surface area contributed by atoms with Crippen molar-refractivity contribution in [2.24, 2.45) is 0 Å². The summed E-state index contributed by atoms with van der Waals surface area (Å²) in [6.07, 6.45) is 2.34. The van der Waals surface area contributed by atoms with Crippen LogP contribution in [-0.2, 0) is 6.67 Å². The number of hydrogen-bond acceptors (Lipinski definition) is 6. The van der Waals surface area contributed by atoms with Crippen molar-refractivity contribution in [3.63, 3.8) is 0 Å². The predicted molar refractivity (Wildman–Crippen MR) is 73.1 cm³/mol. The molecule has 0 aliphatic carbocycles. The summed E-state index contributed by atoms with van der Waals surface area (Å²) in [6, 6.07) is 5.37. The monoisotopic (exact) mass is 289 g/mol. The summed E-state index contributed by atoms with van der Waals surface area (Å²) < 4.78 is 17.2. The second-order valence-corrected chi connectivity index (χ2v) is 5.21. The van der Waals surface area contributed by atoms with Crippen LogP contribution in [0.1, 0.15) is 12.8 Å². The lowest BCUT2D eigenvalue weighted by atomic mass is 10.2. The van der Waals surface area contributed by atoms with E-state index in [1.54, 1.807) is 18.2 Å². The Kier molecular flexibility index (Phi) is 2.92. The quantitative estimate of drug-likeness (QED) is 0.848. The Labute approximate surface area is 120 Å². The predicted octanol–water partition coefficient (Wildman–Crippen LogP) is 1.29. The zero-order valence-electron chi connectivity index (χ0n) is 11.4. The molecule has 7 heteroatoms. The second kappa shape index (κ2) is 4.92. The van der Waals surface area contributed by atoms with E-state index in [0.717, 1.165) is 13.1 Å².